The molecule has 7 nitrogen and oxygen atoms in total. The van der Waals surface area contributed by atoms with Crippen molar-refractivity contribution >= 4 is 33.2 Å². The van der Waals surface area contributed by atoms with Gasteiger partial charge in [-0.1, -0.05) is 12.2 Å². The molecule has 0 saturated heterocycles. The highest BCUT2D eigenvalue weighted by Gasteiger charge is 2.04. The molecule has 0 saturated carbocycles. The number of hydrogen-bond acceptors (Lipinski definition) is 6. The van der Waals surface area contributed by atoms with Gasteiger partial charge in [0.15, 0.2) is 0 Å². The maximum atomic E-state index is 10.7. The molecule has 88 valence electrons. The van der Waals surface area contributed by atoms with Crippen molar-refractivity contribution in [1.82, 2.24) is 9.97 Å². The summed E-state index contributed by atoms with van der Waals surface area (Å²) in [5.74, 6) is 0.0576. The van der Waals surface area contributed by atoms with E-state index in [0.29, 0.717) is 5.69 Å². The number of rotatable bonds is 5. The lowest BCUT2D eigenvalue weighted by molar-refractivity contribution is 0.598. The maximum Gasteiger partial charge on any atom is 0.223 e. The fourth-order valence-electron chi connectivity index (χ4n) is 0.886. The lowest BCUT2D eigenvalue weighted by Gasteiger charge is -2.04. The van der Waals surface area contributed by atoms with Crippen LogP contribution in [0.4, 0.5) is 5.95 Å². The lowest BCUT2D eigenvalue weighted by atomic mass is 10.4. The van der Waals surface area contributed by atoms with Crippen molar-refractivity contribution in [2.45, 2.75) is 0 Å². The summed E-state index contributed by atoms with van der Waals surface area (Å²) in [5, 5.41) is 7.53. The Morgan fingerprint density at radius 1 is 1.56 bits per heavy atom. The van der Waals surface area contributed by atoms with E-state index in [2.05, 4.69) is 15.3 Å². The predicted molar refractivity (Wildman–Crippen MR) is 64.4 cm³/mol. The van der Waals surface area contributed by atoms with Crippen LogP contribution in [-0.4, -0.2) is 35.7 Å². The highest BCUT2D eigenvalue weighted by Crippen LogP contribution is 1.99. The van der Waals surface area contributed by atoms with Crippen LogP contribution in [0.2, 0.25) is 0 Å². The number of primary sulfonamides is 1. The SMILES string of the molecule is NC(=S)c1ccnc(NCCS(N)(=O)=O)n1. The molecule has 0 aliphatic carbocycles. The average Bonchev–Trinajstić information content (AvgIpc) is 2.16. The van der Waals surface area contributed by atoms with E-state index in [4.69, 9.17) is 23.1 Å². The first-order chi connectivity index (χ1) is 7.38. The Balaban J connectivity index is 2.61. The van der Waals surface area contributed by atoms with E-state index in [0.717, 1.165) is 0 Å². The smallest absolute Gasteiger partial charge is 0.223 e. The van der Waals surface area contributed by atoms with Gasteiger partial charge >= 0.3 is 0 Å². The Kier molecular flexibility index (Phi) is 4.10. The van der Waals surface area contributed by atoms with Crippen molar-refractivity contribution in [3.05, 3.63) is 18.0 Å². The van der Waals surface area contributed by atoms with E-state index < -0.39 is 10.0 Å². The molecule has 0 spiro atoms. The van der Waals surface area contributed by atoms with Crippen LogP contribution in [0.15, 0.2) is 12.3 Å². The molecule has 0 aliphatic rings. The number of aromatic nitrogens is 2. The molecule has 1 aromatic rings. The summed E-state index contributed by atoms with van der Waals surface area (Å²) in [4.78, 5) is 7.99. The highest BCUT2D eigenvalue weighted by molar-refractivity contribution is 7.89. The molecular formula is C7H11N5O2S2. The zero-order valence-corrected chi connectivity index (χ0v) is 9.88. The van der Waals surface area contributed by atoms with Gasteiger partial charge in [-0.05, 0) is 6.07 Å². The molecule has 0 fully saturated rings. The number of nitrogens with zero attached hydrogens (tertiary/aromatic N) is 2. The van der Waals surface area contributed by atoms with Crippen LogP contribution in [0.3, 0.4) is 0 Å². The van der Waals surface area contributed by atoms with E-state index in [1.54, 1.807) is 6.07 Å². The third kappa shape index (κ3) is 4.47. The zero-order valence-electron chi connectivity index (χ0n) is 8.25. The van der Waals surface area contributed by atoms with Gasteiger partial charge in [-0.25, -0.2) is 23.5 Å². The summed E-state index contributed by atoms with van der Waals surface area (Å²) in [6.07, 6.45) is 1.47. The number of thiocarbonyl (C=S) groups is 1. The van der Waals surface area contributed by atoms with Crippen LogP contribution in [0.1, 0.15) is 5.69 Å². The first kappa shape index (κ1) is 12.7. The zero-order chi connectivity index (χ0) is 12.2. The van der Waals surface area contributed by atoms with Crippen LogP contribution in [0.25, 0.3) is 0 Å². The third-order valence-electron chi connectivity index (χ3n) is 1.58. The number of nitrogens with two attached hydrogens (primary N) is 2. The summed E-state index contributed by atoms with van der Waals surface area (Å²) < 4.78 is 21.3. The number of anilines is 1. The van der Waals surface area contributed by atoms with Crippen LogP contribution < -0.4 is 16.2 Å². The first-order valence-corrected chi connectivity index (χ1v) is 6.38. The van der Waals surface area contributed by atoms with Gasteiger partial charge in [0.05, 0.1) is 5.75 Å². The minimum Gasteiger partial charge on any atom is -0.388 e. The summed E-state index contributed by atoms with van der Waals surface area (Å²) in [6, 6.07) is 1.56. The second-order valence-electron chi connectivity index (χ2n) is 2.92. The second-order valence-corrected chi connectivity index (χ2v) is 5.10. The molecule has 0 bridgehead atoms. The minimum absolute atomic E-state index is 0.125. The third-order valence-corrected chi connectivity index (χ3v) is 2.56. The minimum atomic E-state index is -3.49. The molecule has 1 rings (SSSR count). The predicted octanol–water partition coefficient (Wildman–Crippen LogP) is -1.19. The fourth-order valence-corrected chi connectivity index (χ4v) is 1.39. The molecular weight excluding hydrogens is 250 g/mol. The van der Waals surface area contributed by atoms with Gasteiger partial charge in [0.1, 0.15) is 10.7 Å². The second kappa shape index (κ2) is 5.14. The molecule has 9 heteroatoms. The van der Waals surface area contributed by atoms with E-state index in [-0.39, 0.29) is 23.2 Å². The van der Waals surface area contributed by atoms with Crippen molar-refractivity contribution in [1.29, 1.82) is 0 Å². The number of nitrogens with one attached hydrogen (secondary N) is 1. The van der Waals surface area contributed by atoms with E-state index in [9.17, 15) is 8.42 Å². The largest absolute Gasteiger partial charge is 0.388 e. The Morgan fingerprint density at radius 3 is 2.81 bits per heavy atom. The molecule has 0 atom stereocenters. The fraction of sp³-hybridized carbons (Fsp3) is 0.286. The van der Waals surface area contributed by atoms with Gasteiger partial charge in [-0.15, -0.1) is 0 Å². The highest BCUT2D eigenvalue weighted by atomic mass is 32.2. The number of hydrogen-bond donors (Lipinski definition) is 3. The Hall–Kier alpha value is -1.32. The molecule has 0 unspecified atom stereocenters. The van der Waals surface area contributed by atoms with Crippen molar-refractivity contribution < 1.29 is 8.42 Å². The standard InChI is InChI=1S/C7H11N5O2S2/c8-6(15)5-1-2-10-7(12-5)11-3-4-16(9,13)14/h1-2H,3-4H2,(H2,8,15)(H2,9,13,14)(H,10,11,12). The lowest BCUT2D eigenvalue weighted by Crippen LogP contribution is -2.23. The molecule has 1 heterocycles. The molecule has 0 amide bonds. The van der Waals surface area contributed by atoms with Gasteiger partial charge in [-0.2, -0.15) is 0 Å². The summed E-state index contributed by atoms with van der Waals surface area (Å²) >= 11 is 4.74. The summed E-state index contributed by atoms with van der Waals surface area (Å²) in [5.41, 5.74) is 5.80. The molecule has 0 radical (unpaired) electrons. The normalized spacial score (nSPS) is 11.1. The van der Waals surface area contributed by atoms with Crippen molar-refractivity contribution in [2.24, 2.45) is 10.9 Å². The first-order valence-electron chi connectivity index (χ1n) is 4.26. The van der Waals surface area contributed by atoms with Crippen molar-refractivity contribution in [3.8, 4) is 0 Å². The van der Waals surface area contributed by atoms with Crippen LogP contribution >= 0.6 is 12.2 Å². The van der Waals surface area contributed by atoms with Crippen molar-refractivity contribution in [2.75, 3.05) is 17.6 Å². The molecule has 5 N–H and O–H groups in total. The average molecular weight is 261 g/mol. The van der Waals surface area contributed by atoms with Gasteiger partial charge in [-0.3, -0.25) is 0 Å². The van der Waals surface area contributed by atoms with Crippen molar-refractivity contribution in [3.63, 3.8) is 0 Å². The Labute approximate surface area is 98.3 Å². The molecule has 1 aromatic heterocycles. The van der Waals surface area contributed by atoms with E-state index in [1.165, 1.54) is 6.20 Å². The van der Waals surface area contributed by atoms with Gasteiger partial charge in [0.2, 0.25) is 16.0 Å². The topological polar surface area (TPSA) is 124 Å². The summed E-state index contributed by atoms with van der Waals surface area (Å²) in [7, 11) is -3.49. The molecule has 0 aromatic carbocycles. The van der Waals surface area contributed by atoms with Crippen LogP contribution in [0, 0.1) is 0 Å². The molecule has 0 aliphatic heterocycles. The van der Waals surface area contributed by atoms with Crippen LogP contribution in [0.5, 0.6) is 0 Å². The number of sulfonamides is 1. The van der Waals surface area contributed by atoms with E-state index in [1.807, 2.05) is 0 Å². The Bertz CT molecular complexity index is 487. The molecule has 16 heavy (non-hydrogen) atoms. The van der Waals surface area contributed by atoms with Gasteiger partial charge < -0.3 is 11.1 Å². The van der Waals surface area contributed by atoms with Gasteiger partial charge in [0, 0.05) is 12.7 Å². The monoisotopic (exact) mass is 261 g/mol. The van der Waals surface area contributed by atoms with Gasteiger partial charge in [0.25, 0.3) is 0 Å². The maximum absolute atomic E-state index is 10.7. The van der Waals surface area contributed by atoms with Crippen LogP contribution in [-0.2, 0) is 10.0 Å². The van der Waals surface area contributed by atoms with E-state index >= 15 is 0 Å². The quantitative estimate of drug-likeness (QED) is 0.569. The Morgan fingerprint density at radius 2 is 2.25 bits per heavy atom. The summed E-state index contributed by atoms with van der Waals surface area (Å²) in [6.45, 7) is 0.125.